The summed E-state index contributed by atoms with van der Waals surface area (Å²) in [5.74, 6) is 0.906. The van der Waals surface area contributed by atoms with Gasteiger partial charge in [0.15, 0.2) is 0 Å². The van der Waals surface area contributed by atoms with E-state index in [1.807, 2.05) is 54.6 Å². The molecule has 0 aliphatic rings. The quantitative estimate of drug-likeness (QED) is 0.265. The summed E-state index contributed by atoms with van der Waals surface area (Å²) in [4.78, 5) is 0. The van der Waals surface area contributed by atoms with Gasteiger partial charge in [-0.25, -0.2) is 0 Å². The van der Waals surface area contributed by atoms with Crippen LogP contribution in [0.1, 0.15) is 64.7 Å². The molecule has 0 saturated heterocycles. The minimum absolute atomic E-state index is 0.792. The van der Waals surface area contributed by atoms with Crippen molar-refractivity contribution in [2.24, 2.45) is 10.2 Å². The van der Waals surface area contributed by atoms with Crippen LogP contribution in [0.25, 0.3) is 0 Å². The van der Waals surface area contributed by atoms with E-state index in [2.05, 4.69) is 17.2 Å². The van der Waals surface area contributed by atoms with E-state index in [0.29, 0.717) is 0 Å². The van der Waals surface area contributed by atoms with Gasteiger partial charge >= 0.3 is 0 Å². The SMILES string of the molecule is CCCCCCCCCCCOc1ccc(/N=N/c2ccccc2)cc1. The van der Waals surface area contributed by atoms with Gasteiger partial charge in [0.05, 0.1) is 18.0 Å². The zero-order valence-electron chi connectivity index (χ0n) is 16.1. The molecule has 0 bridgehead atoms. The zero-order chi connectivity index (χ0) is 18.3. The molecule has 0 aromatic heterocycles. The number of nitrogens with zero attached hydrogens (tertiary/aromatic N) is 2. The van der Waals surface area contributed by atoms with Gasteiger partial charge in [-0.1, -0.05) is 76.5 Å². The molecule has 0 N–H and O–H groups in total. The van der Waals surface area contributed by atoms with E-state index in [0.717, 1.165) is 30.2 Å². The monoisotopic (exact) mass is 352 g/mol. The Labute approximate surface area is 158 Å². The lowest BCUT2D eigenvalue weighted by molar-refractivity contribution is 0.304. The van der Waals surface area contributed by atoms with Crippen LogP contribution in [0, 0.1) is 0 Å². The van der Waals surface area contributed by atoms with Gasteiger partial charge in [0.25, 0.3) is 0 Å². The molecule has 0 fully saturated rings. The van der Waals surface area contributed by atoms with Crippen molar-refractivity contribution in [3.8, 4) is 5.75 Å². The van der Waals surface area contributed by atoms with Crippen LogP contribution < -0.4 is 4.74 Å². The maximum absolute atomic E-state index is 5.81. The summed E-state index contributed by atoms with van der Waals surface area (Å²) in [5.41, 5.74) is 1.70. The van der Waals surface area contributed by atoms with Crippen molar-refractivity contribution in [2.45, 2.75) is 64.7 Å². The maximum Gasteiger partial charge on any atom is 0.119 e. The summed E-state index contributed by atoms with van der Waals surface area (Å²) < 4.78 is 5.81. The van der Waals surface area contributed by atoms with Gasteiger partial charge in [0.2, 0.25) is 0 Å². The average molecular weight is 353 g/mol. The van der Waals surface area contributed by atoms with Gasteiger partial charge < -0.3 is 4.74 Å². The lowest BCUT2D eigenvalue weighted by atomic mass is 10.1. The van der Waals surface area contributed by atoms with E-state index < -0.39 is 0 Å². The Morgan fingerprint density at radius 3 is 1.77 bits per heavy atom. The molecule has 0 saturated carbocycles. The van der Waals surface area contributed by atoms with Crippen LogP contribution in [0.4, 0.5) is 11.4 Å². The summed E-state index contributed by atoms with van der Waals surface area (Å²) in [7, 11) is 0. The van der Waals surface area contributed by atoms with Crippen LogP contribution in [0.3, 0.4) is 0 Å². The second kappa shape index (κ2) is 13.1. The largest absolute Gasteiger partial charge is 0.494 e. The Kier molecular flexibility index (Phi) is 10.2. The topological polar surface area (TPSA) is 34.0 Å². The minimum atomic E-state index is 0.792. The standard InChI is InChI=1S/C23H32N2O/c1-2-3-4-5-6-7-8-9-13-20-26-23-18-16-22(17-19-23)25-24-21-14-11-10-12-15-21/h10-12,14-19H,2-9,13,20H2,1H3/b25-24+. The maximum atomic E-state index is 5.81. The molecular formula is C23H32N2O. The van der Waals surface area contributed by atoms with E-state index in [4.69, 9.17) is 4.74 Å². The number of rotatable bonds is 13. The van der Waals surface area contributed by atoms with Gasteiger partial charge in [0.1, 0.15) is 5.75 Å². The number of azo groups is 1. The van der Waals surface area contributed by atoms with Crippen LogP contribution in [0.2, 0.25) is 0 Å². The molecule has 0 aliphatic carbocycles. The Balaban J connectivity index is 1.56. The Hall–Kier alpha value is -2.16. The normalized spacial score (nSPS) is 11.1. The van der Waals surface area contributed by atoms with Gasteiger partial charge in [-0.2, -0.15) is 10.2 Å². The predicted molar refractivity (Wildman–Crippen MR) is 110 cm³/mol. The summed E-state index contributed by atoms with van der Waals surface area (Å²) in [6.45, 7) is 3.06. The Morgan fingerprint density at radius 1 is 0.615 bits per heavy atom. The second-order valence-corrected chi connectivity index (χ2v) is 6.71. The molecule has 26 heavy (non-hydrogen) atoms. The number of benzene rings is 2. The Morgan fingerprint density at radius 2 is 1.15 bits per heavy atom. The Bertz CT molecular complexity index is 608. The van der Waals surface area contributed by atoms with E-state index in [1.165, 1.54) is 51.4 Å². The summed E-state index contributed by atoms with van der Waals surface area (Å²) in [5, 5.41) is 8.46. The molecule has 2 aromatic carbocycles. The summed E-state index contributed by atoms with van der Waals surface area (Å²) in [6.07, 6.45) is 12.0. The van der Waals surface area contributed by atoms with Gasteiger partial charge in [-0.15, -0.1) is 0 Å². The van der Waals surface area contributed by atoms with E-state index in [-0.39, 0.29) is 0 Å². The molecule has 0 unspecified atom stereocenters. The molecular weight excluding hydrogens is 320 g/mol. The highest BCUT2D eigenvalue weighted by Gasteiger charge is 1.96. The number of unbranched alkanes of at least 4 members (excludes halogenated alkanes) is 8. The van der Waals surface area contributed by atoms with Crippen molar-refractivity contribution in [1.29, 1.82) is 0 Å². The predicted octanol–water partition coefficient (Wildman–Crippen LogP) is 8.01. The number of hydrogen-bond donors (Lipinski definition) is 0. The summed E-state index contributed by atoms with van der Waals surface area (Å²) in [6, 6.07) is 17.6. The number of ether oxygens (including phenoxy) is 1. The zero-order valence-corrected chi connectivity index (χ0v) is 16.1. The first-order valence-electron chi connectivity index (χ1n) is 10.1. The molecule has 0 spiro atoms. The molecule has 0 aliphatic heterocycles. The second-order valence-electron chi connectivity index (χ2n) is 6.71. The summed E-state index contributed by atoms with van der Waals surface area (Å²) >= 11 is 0. The lowest BCUT2D eigenvalue weighted by Gasteiger charge is -2.06. The lowest BCUT2D eigenvalue weighted by Crippen LogP contribution is -1.96. The van der Waals surface area contributed by atoms with Crippen molar-refractivity contribution in [3.05, 3.63) is 54.6 Å². The van der Waals surface area contributed by atoms with Crippen LogP contribution in [-0.2, 0) is 0 Å². The van der Waals surface area contributed by atoms with Crippen LogP contribution in [0.15, 0.2) is 64.8 Å². The molecule has 0 amide bonds. The third-order valence-corrected chi connectivity index (χ3v) is 4.39. The van der Waals surface area contributed by atoms with Crippen LogP contribution in [0.5, 0.6) is 5.75 Å². The molecule has 2 rings (SSSR count). The van der Waals surface area contributed by atoms with Crippen LogP contribution in [-0.4, -0.2) is 6.61 Å². The third kappa shape index (κ3) is 8.80. The van der Waals surface area contributed by atoms with Crippen molar-refractivity contribution in [3.63, 3.8) is 0 Å². The van der Waals surface area contributed by atoms with Gasteiger partial charge in [-0.3, -0.25) is 0 Å². The molecule has 3 heteroatoms. The molecule has 0 heterocycles. The van der Waals surface area contributed by atoms with E-state index in [1.54, 1.807) is 0 Å². The molecule has 3 nitrogen and oxygen atoms in total. The first-order valence-corrected chi connectivity index (χ1v) is 10.1. The minimum Gasteiger partial charge on any atom is -0.494 e. The fourth-order valence-corrected chi connectivity index (χ4v) is 2.82. The van der Waals surface area contributed by atoms with Crippen LogP contribution >= 0.6 is 0 Å². The first-order chi connectivity index (χ1) is 12.9. The smallest absolute Gasteiger partial charge is 0.119 e. The first kappa shape index (κ1) is 20.2. The molecule has 2 aromatic rings. The van der Waals surface area contributed by atoms with Gasteiger partial charge in [0, 0.05) is 0 Å². The molecule has 0 radical (unpaired) electrons. The number of hydrogen-bond acceptors (Lipinski definition) is 3. The average Bonchev–Trinajstić information content (AvgIpc) is 2.69. The van der Waals surface area contributed by atoms with Crippen molar-refractivity contribution >= 4 is 11.4 Å². The third-order valence-electron chi connectivity index (χ3n) is 4.39. The fourth-order valence-electron chi connectivity index (χ4n) is 2.82. The van der Waals surface area contributed by atoms with Crippen molar-refractivity contribution in [2.75, 3.05) is 6.61 Å². The highest BCUT2D eigenvalue weighted by molar-refractivity contribution is 5.42. The fraction of sp³-hybridized carbons (Fsp3) is 0.478. The van der Waals surface area contributed by atoms with E-state index >= 15 is 0 Å². The van der Waals surface area contributed by atoms with Crippen molar-refractivity contribution in [1.82, 2.24) is 0 Å². The van der Waals surface area contributed by atoms with E-state index in [9.17, 15) is 0 Å². The molecule has 0 atom stereocenters. The molecule has 140 valence electrons. The highest BCUT2D eigenvalue weighted by Crippen LogP contribution is 2.21. The highest BCUT2D eigenvalue weighted by atomic mass is 16.5. The van der Waals surface area contributed by atoms with Gasteiger partial charge in [-0.05, 0) is 42.8 Å². The van der Waals surface area contributed by atoms with Crippen molar-refractivity contribution < 1.29 is 4.74 Å².